The number of carbonyl (C=O) groups is 1. The zero-order valence-corrected chi connectivity index (χ0v) is 19.1. The minimum atomic E-state index is -0.539. The van der Waals surface area contributed by atoms with Crippen molar-refractivity contribution in [2.75, 3.05) is 17.4 Å². The fourth-order valence-electron chi connectivity index (χ4n) is 4.41. The number of hydrogen-bond acceptors (Lipinski definition) is 7. The molecule has 0 aliphatic carbocycles. The summed E-state index contributed by atoms with van der Waals surface area (Å²) < 4.78 is 12.9. The Kier molecular flexibility index (Phi) is 4.95. The van der Waals surface area contributed by atoms with Crippen LogP contribution < -0.4 is 20.1 Å². The highest BCUT2D eigenvalue weighted by Crippen LogP contribution is 2.41. The van der Waals surface area contributed by atoms with Crippen molar-refractivity contribution in [1.29, 1.82) is 0 Å². The summed E-state index contributed by atoms with van der Waals surface area (Å²) in [5.74, 6) is 2.18. The topological polar surface area (TPSA) is 103 Å². The number of anilines is 2. The molecule has 2 aliphatic rings. The second kappa shape index (κ2) is 8.28. The number of pyridine rings is 1. The number of aryl methyl sites for hydroxylation is 1. The van der Waals surface area contributed by atoms with Gasteiger partial charge in [-0.2, -0.15) is 4.98 Å². The Morgan fingerprint density at radius 2 is 1.94 bits per heavy atom. The number of ether oxygens (including phenoxy) is 2. The van der Waals surface area contributed by atoms with Gasteiger partial charge in [-0.15, -0.1) is 5.10 Å². The van der Waals surface area contributed by atoms with Crippen LogP contribution in [0.25, 0.3) is 11.4 Å². The zero-order chi connectivity index (χ0) is 23.9. The maximum atomic E-state index is 13.6. The van der Waals surface area contributed by atoms with Gasteiger partial charge in [-0.3, -0.25) is 9.78 Å². The van der Waals surface area contributed by atoms with Crippen LogP contribution in [-0.2, 0) is 4.79 Å². The molecule has 174 valence electrons. The molecular weight excluding hydrogens is 444 g/mol. The molecule has 4 aromatic rings. The van der Waals surface area contributed by atoms with Gasteiger partial charge < -0.3 is 20.1 Å². The summed E-state index contributed by atoms with van der Waals surface area (Å²) in [6.07, 6.45) is 3.27. The normalized spacial score (nSPS) is 16.0. The highest BCUT2D eigenvalue weighted by molar-refractivity contribution is 6.06. The summed E-state index contributed by atoms with van der Waals surface area (Å²) in [6.45, 7) is 4.05. The van der Waals surface area contributed by atoms with Gasteiger partial charge in [0, 0.05) is 17.5 Å². The van der Waals surface area contributed by atoms with Crippen LogP contribution >= 0.6 is 0 Å². The summed E-state index contributed by atoms with van der Waals surface area (Å²) in [4.78, 5) is 22.4. The quantitative estimate of drug-likeness (QED) is 0.462. The van der Waals surface area contributed by atoms with Crippen molar-refractivity contribution in [2.24, 2.45) is 0 Å². The number of carbonyl (C=O) groups excluding carboxylic acids is 1. The fraction of sp³-hybridized carbons (Fsp3) is 0.154. The molecule has 0 radical (unpaired) electrons. The van der Waals surface area contributed by atoms with Crippen molar-refractivity contribution in [3.63, 3.8) is 0 Å². The van der Waals surface area contributed by atoms with Crippen LogP contribution in [0.4, 0.5) is 11.6 Å². The molecule has 2 aromatic carbocycles. The van der Waals surface area contributed by atoms with Crippen LogP contribution in [-0.4, -0.2) is 32.4 Å². The van der Waals surface area contributed by atoms with Gasteiger partial charge in [0.1, 0.15) is 6.04 Å². The van der Waals surface area contributed by atoms with E-state index in [4.69, 9.17) is 19.6 Å². The minimum absolute atomic E-state index is 0.167. The third-order valence-corrected chi connectivity index (χ3v) is 6.11. The number of fused-ring (bicyclic) bond motifs is 2. The van der Waals surface area contributed by atoms with Crippen LogP contribution in [0.5, 0.6) is 11.5 Å². The molecule has 0 spiro atoms. The highest BCUT2D eigenvalue weighted by Gasteiger charge is 2.35. The molecule has 4 heterocycles. The van der Waals surface area contributed by atoms with Gasteiger partial charge >= 0.3 is 0 Å². The van der Waals surface area contributed by atoms with Gasteiger partial charge in [-0.25, -0.2) is 4.68 Å². The van der Waals surface area contributed by atoms with Gasteiger partial charge in [0.05, 0.1) is 17.5 Å². The highest BCUT2D eigenvalue weighted by atomic mass is 16.7. The van der Waals surface area contributed by atoms with Gasteiger partial charge in [0.25, 0.3) is 5.91 Å². The van der Waals surface area contributed by atoms with E-state index < -0.39 is 6.04 Å². The standard InChI is InChI=1S/C26H22N6O3/c1-15-6-3-4-8-19(15)24-30-26-28-16(2)22(25(33)29-18-7-5-11-27-13-18)23(32(26)31-24)17-9-10-20-21(12-17)35-14-34-20/h3-13,23H,14H2,1-2H3,(H,29,33)(H,28,30,31). The summed E-state index contributed by atoms with van der Waals surface area (Å²) >= 11 is 0. The molecule has 2 N–H and O–H groups in total. The van der Waals surface area contributed by atoms with Gasteiger partial charge in [-0.05, 0) is 49.2 Å². The second-order valence-corrected chi connectivity index (χ2v) is 8.39. The lowest BCUT2D eigenvalue weighted by Gasteiger charge is -2.28. The Balaban J connectivity index is 1.48. The van der Waals surface area contributed by atoms with E-state index in [1.807, 2.05) is 56.3 Å². The van der Waals surface area contributed by atoms with Crippen LogP contribution in [0.3, 0.4) is 0 Å². The lowest BCUT2D eigenvalue weighted by atomic mass is 9.94. The second-order valence-electron chi connectivity index (χ2n) is 8.39. The predicted molar refractivity (Wildman–Crippen MR) is 130 cm³/mol. The number of hydrogen-bond donors (Lipinski definition) is 2. The molecule has 1 atom stereocenters. The van der Waals surface area contributed by atoms with Gasteiger partial charge in [0.15, 0.2) is 17.3 Å². The van der Waals surface area contributed by atoms with E-state index in [0.29, 0.717) is 40.2 Å². The first-order chi connectivity index (χ1) is 17.1. The van der Waals surface area contributed by atoms with Crippen molar-refractivity contribution >= 4 is 17.5 Å². The lowest BCUT2D eigenvalue weighted by molar-refractivity contribution is -0.113. The Hall–Kier alpha value is -4.66. The maximum Gasteiger partial charge on any atom is 0.255 e. The lowest BCUT2D eigenvalue weighted by Crippen LogP contribution is -2.31. The summed E-state index contributed by atoms with van der Waals surface area (Å²) in [5, 5.41) is 11.1. The minimum Gasteiger partial charge on any atom is -0.454 e. The fourth-order valence-corrected chi connectivity index (χ4v) is 4.41. The van der Waals surface area contributed by atoms with Crippen molar-refractivity contribution in [3.8, 4) is 22.9 Å². The largest absolute Gasteiger partial charge is 0.454 e. The number of benzene rings is 2. The van der Waals surface area contributed by atoms with E-state index in [-0.39, 0.29) is 12.7 Å². The van der Waals surface area contributed by atoms with Gasteiger partial charge in [0.2, 0.25) is 12.7 Å². The Morgan fingerprint density at radius 1 is 1.09 bits per heavy atom. The van der Waals surface area contributed by atoms with Gasteiger partial charge in [-0.1, -0.05) is 30.3 Å². The van der Waals surface area contributed by atoms with Crippen LogP contribution in [0.2, 0.25) is 0 Å². The van der Waals surface area contributed by atoms with Crippen molar-refractivity contribution in [1.82, 2.24) is 19.7 Å². The number of allylic oxidation sites excluding steroid dienone is 1. The van der Waals surface area contributed by atoms with E-state index in [9.17, 15) is 4.79 Å². The number of nitrogens with one attached hydrogen (secondary N) is 2. The number of nitrogens with zero attached hydrogens (tertiary/aromatic N) is 4. The maximum absolute atomic E-state index is 13.6. The Morgan fingerprint density at radius 3 is 2.77 bits per heavy atom. The molecule has 35 heavy (non-hydrogen) atoms. The predicted octanol–water partition coefficient (Wildman–Crippen LogP) is 4.30. The molecule has 2 aliphatic heterocycles. The van der Waals surface area contributed by atoms with E-state index in [0.717, 1.165) is 16.7 Å². The molecule has 1 unspecified atom stereocenters. The van der Waals surface area contributed by atoms with E-state index >= 15 is 0 Å². The SMILES string of the molecule is CC1=C(C(=O)Nc2cccnc2)C(c2ccc3c(c2)OCO3)n2nc(-c3ccccc3C)nc2N1. The van der Waals surface area contributed by atoms with Crippen LogP contribution in [0.1, 0.15) is 24.1 Å². The number of amides is 1. The van der Waals surface area contributed by atoms with E-state index in [1.165, 1.54) is 0 Å². The first-order valence-corrected chi connectivity index (χ1v) is 11.2. The molecule has 9 nitrogen and oxygen atoms in total. The first-order valence-electron chi connectivity index (χ1n) is 11.2. The smallest absolute Gasteiger partial charge is 0.255 e. The van der Waals surface area contributed by atoms with Crippen molar-refractivity contribution < 1.29 is 14.3 Å². The summed E-state index contributed by atoms with van der Waals surface area (Å²) in [5.41, 5.74) is 4.63. The molecule has 0 saturated heterocycles. The summed E-state index contributed by atoms with van der Waals surface area (Å²) in [6, 6.07) is 16.6. The Bertz CT molecular complexity index is 1480. The molecule has 1 amide bonds. The van der Waals surface area contributed by atoms with Crippen molar-refractivity contribution in [3.05, 3.63) is 89.4 Å². The molecular formula is C26H22N6O3. The molecule has 2 aromatic heterocycles. The van der Waals surface area contributed by atoms with E-state index in [2.05, 4.69) is 15.6 Å². The molecule has 9 heteroatoms. The monoisotopic (exact) mass is 466 g/mol. The molecule has 0 fully saturated rings. The molecule has 0 saturated carbocycles. The third-order valence-electron chi connectivity index (χ3n) is 6.11. The third kappa shape index (κ3) is 3.67. The number of aromatic nitrogens is 4. The van der Waals surface area contributed by atoms with E-state index in [1.54, 1.807) is 29.2 Å². The van der Waals surface area contributed by atoms with Crippen LogP contribution in [0.15, 0.2) is 78.3 Å². The summed E-state index contributed by atoms with van der Waals surface area (Å²) in [7, 11) is 0. The van der Waals surface area contributed by atoms with Crippen molar-refractivity contribution in [2.45, 2.75) is 19.9 Å². The zero-order valence-electron chi connectivity index (χ0n) is 19.1. The Labute approximate surface area is 201 Å². The average molecular weight is 467 g/mol. The first kappa shape index (κ1) is 20.9. The van der Waals surface area contributed by atoms with Crippen LogP contribution in [0, 0.1) is 6.92 Å². The number of rotatable bonds is 4. The average Bonchev–Trinajstić information content (AvgIpc) is 3.50. The molecule has 6 rings (SSSR count). The molecule has 0 bridgehead atoms.